The van der Waals surface area contributed by atoms with Gasteiger partial charge in [0.25, 0.3) is 0 Å². The van der Waals surface area contributed by atoms with Crippen molar-refractivity contribution in [1.82, 2.24) is 0 Å². The lowest BCUT2D eigenvalue weighted by molar-refractivity contribution is 1.11. The van der Waals surface area contributed by atoms with E-state index in [1.165, 1.54) is 16.8 Å². The van der Waals surface area contributed by atoms with Crippen LogP contribution >= 0.6 is 27.5 Å². The Bertz CT molecular complexity index is 611. The minimum absolute atomic E-state index is 0.743. The first-order valence-corrected chi connectivity index (χ1v) is 7.60. The molecule has 0 bridgehead atoms. The average molecular weight is 354 g/mol. The maximum absolute atomic E-state index is 5.95. The van der Waals surface area contributed by atoms with Crippen molar-refractivity contribution in [3.8, 4) is 0 Å². The van der Waals surface area contributed by atoms with Crippen LogP contribution in [-0.2, 0) is 6.54 Å². The fourth-order valence-electron chi connectivity index (χ4n) is 1.98. The van der Waals surface area contributed by atoms with Crippen molar-refractivity contribution < 1.29 is 0 Å². The second kappa shape index (κ2) is 6.51. The van der Waals surface area contributed by atoms with Gasteiger partial charge in [0.05, 0.1) is 0 Å². The summed E-state index contributed by atoms with van der Waals surface area (Å²) >= 11 is 9.49. The van der Waals surface area contributed by atoms with E-state index in [0.29, 0.717) is 0 Å². The van der Waals surface area contributed by atoms with E-state index in [2.05, 4.69) is 51.3 Å². The van der Waals surface area contributed by atoms with E-state index in [9.17, 15) is 0 Å². The van der Waals surface area contributed by atoms with Crippen LogP contribution in [0.25, 0.3) is 0 Å². The van der Waals surface area contributed by atoms with E-state index in [1.54, 1.807) is 0 Å². The van der Waals surface area contributed by atoms with Crippen molar-refractivity contribution in [2.45, 2.75) is 13.5 Å². The van der Waals surface area contributed by atoms with Crippen LogP contribution in [0.4, 0.5) is 11.4 Å². The molecule has 0 heterocycles. The summed E-state index contributed by atoms with van der Waals surface area (Å²) in [4.78, 5) is 2.10. The zero-order valence-electron chi connectivity index (χ0n) is 11.9. The van der Waals surface area contributed by atoms with E-state index in [0.717, 1.165) is 21.7 Å². The summed E-state index contributed by atoms with van der Waals surface area (Å²) in [5, 5.41) is 4.21. The van der Waals surface area contributed by atoms with Gasteiger partial charge in [-0.15, -0.1) is 0 Å². The summed E-state index contributed by atoms with van der Waals surface area (Å²) in [6, 6.07) is 12.3. The molecule has 2 aromatic rings. The first-order valence-electron chi connectivity index (χ1n) is 6.43. The third-order valence-electron chi connectivity index (χ3n) is 3.21. The number of benzene rings is 2. The summed E-state index contributed by atoms with van der Waals surface area (Å²) in [7, 11) is 4.10. The molecule has 4 heteroatoms. The van der Waals surface area contributed by atoms with Crippen molar-refractivity contribution in [2.75, 3.05) is 24.3 Å². The molecule has 0 amide bonds. The number of halogens is 2. The van der Waals surface area contributed by atoms with E-state index in [4.69, 9.17) is 11.6 Å². The van der Waals surface area contributed by atoms with Crippen LogP contribution in [0.3, 0.4) is 0 Å². The number of aryl methyl sites for hydroxylation is 1. The summed E-state index contributed by atoms with van der Waals surface area (Å²) < 4.78 is 1.03. The van der Waals surface area contributed by atoms with Crippen LogP contribution in [0, 0.1) is 6.92 Å². The molecule has 0 saturated heterocycles. The molecule has 20 heavy (non-hydrogen) atoms. The molecule has 0 atom stereocenters. The molecule has 0 saturated carbocycles. The highest BCUT2D eigenvalue weighted by molar-refractivity contribution is 9.10. The monoisotopic (exact) mass is 352 g/mol. The van der Waals surface area contributed by atoms with Crippen molar-refractivity contribution in [2.24, 2.45) is 0 Å². The van der Waals surface area contributed by atoms with Gasteiger partial charge in [-0.2, -0.15) is 0 Å². The molecule has 1 N–H and O–H groups in total. The smallest absolute Gasteiger partial charge is 0.0417 e. The highest BCUT2D eigenvalue weighted by Crippen LogP contribution is 2.25. The van der Waals surface area contributed by atoms with Crippen LogP contribution < -0.4 is 10.2 Å². The number of hydrogen-bond donors (Lipinski definition) is 1. The molecule has 0 fully saturated rings. The second-order valence-electron chi connectivity index (χ2n) is 4.98. The Morgan fingerprint density at radius 1 is 1.15 bits per heavy atom. The Morgan fingerprint density at radius 2 is 1.90 bits per heavy atom. The SMILES string of the molecule is Cc1cc(N(C)C)ccc1NCc1ccc(Cl)cc1Br. The standard InChI is InChI=1S/C16H18BrClN2/c1-11-8-14(20(2)3)6-7-16(11)19-10-12-4-5-13(18)9-15(12)17/h4-9,19H,10H2,1-3H3. The molecule has 2 nitrogen and oxygen atoms in total. The number of rotatable bonds is 4. The maximum Gasteiger partial charge on any atom is 0.0417 e. The average Bonchev–Trinajstić information content (AvgIpc) is 2.38. The van der Waals surface area contributed by atoms with Crippen LogP contribution in [0.1, 0.15) is 11.1 Å². The number of anilines is 2. The van der Waals surface area contributed by atoms with Crippen molar-refractivity contribution in [3.63, 3.8) is 0 Å². The van der Waals surface area contributed by atoms with Gasteiger partial charge in [0.15, 0.2) is 0 Å². The van der Waals surface area contributed by atoms with Gasteiger partial charge in [-0.25, -0.2) is 0 Å². The molecule has 0 aliphatic carbocycles. The maximum atomic E-state index is 5.95. The van der Waals surface area contributed by atoms with Crippen LogP contribution in [0.2, 0.25) is 5.02 Å². The van der Waals surface area contributed by atoms with Crippen LogP contribution in [-0.4, -0.2) is 14.1 Å². The van der Waals surface area contributed by atoms with E-state index < -0.39 is 0 Å². The number of nitrogens with one attached hydrogen (secondary N) is 1. The third kappa shape index (κ3) is 3.68. The Hall–Kier alpha value is -1.19. The molecule has 2 aromatic carbocycles. The van der Waals surface area contributed by atoms with Crippen molar-refractivity contribution in [1.29, 1.82) is 0 Å². The topological polar surface area (TPSA) is 15.3 Å². The minimum Gasteiger partial charge on any atom is -0.381 e. The molecular weight excluding hydrogens is 336 g/mol. The molecule has 0 aliphatic heterocycles. The Labute approximate surface area is 133 Å². The molecule has 0 aromatic heterocycles. The predicted molar refractivity (Wildman–Crippen MR) is 92.0 cm³/mol. The lowest BCUT2D eigenvalue weighted by Crippen LogP contribution is -2.09. The van der Waals surface area contributed by atoms with Gasteiger partial charge in [0, 0.05) is 41.5 Å². The molecular formula is C16H18BrClN2. The van der Waals surface area contributed by atoms with Crippen molar-refractivity contribution in [3.05, 3.63) is 57.0 Å². The van der Waals surface area contributed by atoms with Crippen molar-refractivity contribution >= 4 is 38.9 Å². The van der Waals surface area contributed by atoms with Gasteiger partial charge in [-0.05, 0) is 48.4 Å². The fraction of sp³-hybridized carbons (Fsp3) is 0.250. The summed E-state index contributed by atoms with van der Waals surface area (Å²) in [6.07, 6.45) is 0. The lowest BCUT2D eigenvalue weighted by Gasteiger charge is -2.16. The van der Waals surface area contributed by atoms with Gasteiger partial charge in [-0.3, -0.25) is 0 Å². The zero-order chi connectivity index (χ0) is 14.7. The first kappa shape index (κ1) is 15.2. The highest BCUT2D eigenvalue weighted by Gasteiger charge is 2.04. The first-order chi connectivity index (χ1) is 9.47. The Morgan fingerprint density at radius 3 is 2.50 bits per heavy atom. The lowest BCUT2D eigenvalue weighted by atomic mass is 10.1. The molecule has 0 unspecified atom stereocenters. The normalized spacial score (nSPS) is 10.4. The summed E-state index contributed by atoms with van der Waals surface area (Å²) in [5.74, 6) is 0. The quantitative estimate of drug-likeness (QED) is 0.823. The van der Waals surface area contributed by atoms with Gasteiger partial charge < -0.3 is 10.2 Å². The molecule has 0 aliphatic rings. The van der Waals surface area contributed by atoms with Crippen LogP contribution in [0.15, 0.2) is 40.9 Å². The molecule has 0 spiro atoms. The number of nitrogens with zero attached hydrogens (tertiary/aromatic N) is 1. The van der Waals surface area contributed by atoms with E-state index in [1.807, 2.05) is 32.3 Å². The van der Waals surface area contributed by atoms with Crippen LogP contribution in [0.5, 0.6) is 0 Å². The fourth-order valence-corrected chi connectivity index (χ4v) is 2.80. The third-order valence-corrected chi connectivity index (χ3v) is 4.18. The molecule has 0 radical (unpaired) electrons. The van der Waals surface area contributed by atoms with E-state index in [-0.39, 0.29) is 0 Å². The predicted octanol–water partition coefficient (Wildman–Crippen LogP) is 5.09. The van der Waals surface area contributed by atoms with Gasteiger partial charge >= 0.3 is 0 Å². The Balaban J connectivity index is 2.11. The summed E-state index contributed by atoms with van der Waals surface area (Å²) in [6.45, 7) is 2.88. The molecule has 2 rings (SSSR count). The largest absolute Gasteiger partial charge is 0.381 e. The van der Waals surface area contributed by atoms with E-state index >= 15 is 0 Å². The molecule has 106 valence electrons. The van der Waals surface area contributed by atoms with Gasteiger partial charge in [0.2, 0.25) is 0 Å². The second-order valence-corrected chi connectivity index (χ2v) is 6.27. The minimum atomic E-state index is 0.743. The van der Waals surface area contributed by atoms with Gasteiger partial charge in [-0.1, -0.05) is 33.6 Å². The zero-order valence-corrected chi connectivity index (χ0v) is 14.2. The number of hydrogen-bond acceptors (Lipinski definition) is 2. The Kier molecular flexibility index (Phi) is 4.95. The summed E-state index contributed by atoms with van der Waals surface area (Å²) in [5.41, 5.74) is 4.78. The highest BCUT2D eigenvalue weighted by atomic mass is 79.9. The van der Waals surface area contributed by atoms with Gasteiger partial charge in [0.1, 0.15) is 0 Å².